The summed E-state index contributed by atoms with van der Waals surface area (Å²) >= 11 is 1.52. The van der Waals surface area contributed by atoms with Gasteiger partial charge in [0, 0.05) is 29.6 Å². The highest BCUT2D eigenvalue weighted by Gasteiger charge is 2.11. The molecule has 25 heavy (non-hydrogen) atoms. The first kappa shape index (κ1) is 17.2. The van der Waals surface area contributed by atoms with Gasteiger partial charge in [-0.3, -0.25) is 4.79 Å². The second kappa shape index (κ2) is 7.52. The molecule has 0 atom stereocenters. The van der Waals surface area contributed by atoms with Crippen LogP contribution in [0, 0.1) is 13.8 Å². The lowest BCUT2D eigenvalue weighted by Crippen LogP contribution is -2.12. The number of nitrogens with zero attached hydrogens (tertiary/aromatic N) is 4. The Morgan fingerprint density at radius 2 is 2.04 bits per heavy atom. The molecular weight excluding hydrogens is 338 g/mol. The van der Waals surface area contributed by atoms with Crippen LogP contribution >= 0.6 is 11.8 Å². The van der Waals surface area contributed by atoms with E-state index in [9.17, 15) is 4.79 Å². The number of hydrogen-bond donors (Lipinski definition) is 1. The van der Waals surface area contributed by atoms with Gasteiger partial charge in [-0.2, -0.15) is 0 Å². The zero-order valence-electron chi connectivity index (χ0n) is 14.3. The van der Waals surface area contributed by atoms with Crippen LogP contribution in [-0.4, -0.2) is 25.8 Å². The number of rotatable bonds is 6. The molecule has 0 fully saturated rings. The highest BCUT2D eigenvalue weighted by Crippen LogP contribution is 2.26. The molecule has 8 heteroatoms. The van der Waals surface area contributed by atoms with Crippen molar-refractivity contribution in [3.05, 3.63) is 47.6 Å². The van der Waals surface area contributed by atoms with Crippen molar-refractivity contribution in [1.82, 2.24) is 19.9 Å². The van der Waals surface area contributed by atoms with E-state index in [0.29, 0.717) is 12.8 Å². The quantitative estimate of drug-likeness (QED) is 0.729. The summed E-state index contributed by atoms with van der Waals surface area (Å²) in [5.74, 6) is 0.740. The minimum atomic E-state index is -0.0336. The fourth-order valence-electron chi connectivity index (χ4n) is 2.40. The molecule has 0 bridgehead atoms. The molecule has 0 saturated heterocycles. The van der Waals surface area contributed by atoms with Gasteiger partial charge < -0.3 is 14.4 Å². The summed E-state index contributed by atoms with van der Waals surface area (Å²) in [6, 6.07) is 7.66. The Kier molecular flexibility index (Phi) is 5.18. The normalized spacial score (nSPS) is 10.8. The summed E-state index contributed by atoms with van der Waals surface area (Å²) in [5, 5.41) is 15.5. The summed E-state index contributed by atoms with van der Waals surface area (Å²) in [5.41, 5.74) is 2.62. The van der Waals surface area contributed by atoms with Gasteiger partial charge >= 0.3 is 0 Å². The largest absolute Gasteiger partial charge is 0.361 e. The molecule has 2 heterocycles. The Balaban J connectivity index is 1.54. The van der Waals surface area contributed by atoms with Gasteiger partial charge in [0.15, 0.2) is 5.16 Å². The molecule has 0 unspecified atom stereocenters. The second-order valence-corrected chi connectivity index (χ2v) is 6.74. The molecule has 0 radical (unpaired) electrons. The van der Waals surface area contributed by atoms with Crippen LogP contribution in [0.1, 0.15) is 23.4 Å². The van der Waals surface area contributed by atoms with Gasteiger partial charge in [-0.25, -0.2) is 0 Å². The molecule has 1 aromatic carbocycles. The molecule has 130 valence electrons. The number of hydrogen-bond acceptors (Lipinski definition) is 6. The molecule has 7 nitrogen and oxygen atoms in total. The fraction of sp³-hybridized carbons (Fsp3) is 0.294. The van der Waals surface area contributed by atoms with Gasteiger partial charge in [0.25, 0.3) is 0 Å². The first-order chi connectivity index (χ1) is 12.0. The number of nitrogens with one attached hydrogen (secondary N) is 1. The lowest BCUT2D eigenvalue weighted by Gasteiger charge is -2.06. The van der Waals surface area contributed by atoms with Gasteiger partial charge in [-0.15, -0.1) is 10.2 Å². The third kappa shape index (κ3) is 4.27. The number of amides is 1. The highest BCUT2D eigenvalue weighted by molar-refractivity contribution is 7.99. The number of aryl methyl sites for hydroxylation is 3. The van der Waals surface area contributed by atoms with Crippen LogP contribution in [-0.2, 0) is 18.3 Å². The van der Waals surface area contributed by atoms with Gasteiger partial charge in [-0.05, 0) is 56.3 Å². The molecule has 1 N–H and O–H groups in total. The van der Waals surface area contributed by atoms with Crippen LogP contribution in [0.15, 0.2) is 45.2 Å². The molecule has 0 aliphatic carbocycles. The third-order valence-electron chi connectivity index (χ3n) is 3.80. The van der Waals surface area contributed by atoms with Crippen LogP contribution in [0.4, 0.5) is 5.69 Å². The fourth-order valence-corrected chi connectivity index (χ4v) is 3.16. The SMILES string of the molecule is Cc1noc(C)c1CCC(=O)Nc1ccc(Sc2nncn2C)cc1. The van der Waals surface area contributed by atoms with Crippen molar-refractivity contribution in [1.29, 1.82) is 0 Å². The minimum absolute atomic E-state index is 0.0336. The average Bonchev–Trinajstić information content (AvgIpc) is 3.13. The summed E-state index contributed by atoms with van der Waals surface area (Å²) < 4.78 is 6.97. The lowest BCUT2D eigenvalue weighted by molar-refractivity contribution is -0.116. The van der Waals surface area contributed by atoms with Crippen LogP contribution in [0.3, 0.4) is 0 Å². The predicted octanol–water partition coefficient (Wildman–Crippen LogP) is 3.14. The molecule has 1 amide bonds. The lowest BCUT2D eigenvalue weighted by atomic mass is 10.1. The number of anilines is 1. The van der Waals surface area contributed by atoms with E-state index in [-0.39, 0.29) is 5.91 Å². The van der Waals surface area contributed by atoms with Crippen molar-refractivity contribution < 1.29 is 9.32 Å². The molecular formula is C17H19N5O2S. The summed E-state index contributed by atoms with van der Waals surface area (Å²) in [4.78, 5) is 13.2. The smallest absolute Gasteiger partial charge is 0.224 e. The molecule has 0 saturated carbocycles. The van der Waals surface area contributed by atoms with E-state index >= 15 is 0 Å². The Bertz CT molecular complexity index is 850. The van der Waals surface area contributed by atoms with E-state index < -0.39 is 0 Å². The number of carbonyl (C=O) groups is 1. The van der Waals surface area contributed by atoms with E-state index in [0.717, 1.165) is 32.8 Å². The number of carbonyl (C=O) groups excluding carboxylic acids is 1. The second-order valence-electron chi connectivity index (χ2n) is 5.70. The van der Waals surface area contributed by atoms with Crippen molar-refractivity contribution in [2.75, 3.05) is 5.32 Å². The molecule has 3 aromatic rings. The first-order valence-electron chi connectivity index (χ1n) is 7.86. The predicted molar refractivity (Wildman–Crippen MR) is 94.5 cm³/mol. The Hall–Kier alpha value is -2.61. The van der Waals surface area contributed by atoms with Gasteiger partial charge in [0.05, 0.1) is 5.69 Å². The monoisotopic (exact) mass is 357 g/mol. The van der Waals surface area contributed by atoms with Crippen LogP contribution in [0.5, 0.6) is 0 Å². The molecule has 3 rings (SSSR count). The summed E-state index contributed by atoms with van der Waals surface area (Å²) in [6.07, 6.45) is 2.67. The van der Waals surface area contributed by atoms with Crippen LogP contribution < -0.4 is 5.32 Å². The van der Waals surface area contributed by atoms with Crippen molar-refractivity contribution in [2.24, 2.45) is 7.05 Å². The van der Waals surface area contributed by atoms with Gasteiger partial charge in [-0.1, -0.05) is 5.16 Å². The van der Waals surface area contributed by atoms with Crippen LogP contribution in [0.25, 0.3) is 0 Å². The van der Waals surface area contributed by atoms with E-state index in [1.807, 2.05) is 49.7 Å². The Morgan fingerprint density at radius 1 is 1.28 bits per heavy atom. The Morgan fingerprint density at radius 3 is 2.64 bits per heavy atom. The van der Waals surface area contributed by atoms with Crippen molar-refractivity contribution in [3.8, 4) is 0 Å². The van der Waals surface area contributed by atoms with Crippen molar-refractivity contribution in [2.45, 2.75) is 36.7 Å². The molecule has 0 aliphatic heterocycles. The molecule has 2 aromatic heterocycles. The third-order valence-corrected chi connectivity index (χ3v) is 4.86. The average molecular weight is 357 g/mol. The van der Waals surface area contributed by atoms with E-state index in [1.54, 1.807) is 6.33 Å². The van der Waals surface area contributed by atoms with E-state index in [4.69, 9.17) is 4.52 Å². The van der Waals surface area contributed by atoms with Crippen molar-refractivity contribution >= 4 is 23.4 Å². The molecule has 0 aliphatic rings. The number of aromatic nitrogens is 4. The number of benzene rings is 1. The molecule has 0 spiro atoms. The summed E-state index contributed by atoms with van der Waals surface area (Å²) in [7, 11) is 1.90. The zero-order chi connectivity index (χ0) is 17.8. The van der Waals surface area contributed by atoms with Gasteiger partial charge in [0.1, 0.15) is 12.1 Å². The van der Waals surface area contributed by atoms with E-state index in [1.165, 1.54) is 11.8 Å². The highest BCUT2D eigenvalue weighted by atomic mass is 32.2. The minimum Gasteiger partial charge on any atom is -0.361 e. The summed E-state index contributed by atoms with van der Waals surface area (Å²) in [6.45, 7) is 3.75. The van der Waals surface area contributed by atoms with E-state index in [2.05, 4.69) is 20.7 Å². The maximum absolute atomic E-state index is 12.1. The Labute approximate surface area is 149 Å². The topological polar surface area (TPSA) is 85.8 Å². The van der Waals surface area contributed by atoms with Crippen molar-refractivity contribution in [3.63, 3.8) is 0 Å². The van der Waals surface area contributed by atoms with Crippen LogP contribution in [0.2, 0.25) is 0 Å². The van der Waals surface area contributed by atoms with Gasteiger partial charge in [0.2, 0.25) is 5.91 Å². The first-order valence-corrected chi connectivity index (χ1v) is 8.68. The standard InChI is InChI=1S/C17H19N5O2S/c1-11-15(12(2)24-21-11)8-9-16(23)19-13-4-6-14(7-5-13)25-17-20-18-10-22(17)3/h4-7,10H,8-9H2,1-3H3,(H,19,23). The maximum Gasteiger partial charge on any atom is 0.224 e. The zero-order valence-corrected chi connectivity index (χ0v) is 15.1. The maximum atomic E-state index is 12.1.